The molecule has 0 bridgehead atoms. The van der Waals surface area contributed by atoms with E-state index in [1.165, 1.54) is 0 Å². The normalized spacial score (nSPS) is 14.7. The maximum atomic E-state index is 13.1. The summed E-state index contributed by atoms with van der Waals surface area (Å²) in [5.41, 5.74) is 3.13. The molecule has 4 rings (SSSR count). The minimum atomic E-state index is -0.199. The van der Waals surface area contributed by atoms with Gasteiger partial charge in [-0.2, -0.15) is 5.10 Å². The van der Waals surface area contributed by atoms with Crippen LogP contribution in [0.2, 0.25) is 0 Å². The van der Waals surface area contributed by atoms with Crippen molar-refractivity contribution in [2.75, 3.05) is 0 Å². The summed E-state index contributed by atoms with van der Waals surface area (Å²) in [6.07, 6.45) is 4.10. The molecular formula is C20H25N5OS. The number of amides is 1. The predicted molar refractivity (Wildman–Crippen MR) is 107 cm³/mol. The Morgan fingerprint density at radius 2 is 2.07 bits per heavy atom. The Hall–Kier alpha value is -2.28. The monoisotopic (exact) mass is 383 g/mol. The van der Waals surface area contributed by atoms with Crippen LogP contribution in [0.1, 0.15) is 71.2 Å². The fourth-order valence-corrected chi connectivity index (χ4v) is 4.03. The van der Waals surface area contributed by atoms with Gasteiger partial charge in [0.25, 0.3) is 5.91 Å². The van der Waals surface area contributed by atoms with Crippen molar-refractivity contribution in [2.24, 2.45) is 0 Å². The third kappa shape index (κ3) is 3.48. The Labute approximate surface area is 163 Å². The molecule has 0 atom stereocenters. The minimum absolute atomic E-state index is 0.0769. The van der Waals surface area contributed by atoms with Crippen LogP contribution in [0.15, 0.2) is 12.3 Å². The Morgan fingerprint density at radius 3 is 2.67 bits per heavy atom. The van der Waals surface area contributed by atoms with Crippen LogP contribution in [0.5, 0.6) is 0 Å². The average Bonchev–Trinajstić information content (AvgIpc) is 3.28. The van der Waals surface area contributed by atoms with Crippen LogP contribution in [0.25, 0.3) is 11.0 Å². The number of carbonyl (C=O) groups excluding carboxylic acids is 1. The standard InChI is InChI=1S/C20H25N5OS/c1-11-17-15(19(26)22-10-14-9-21-12(2)27-14)8-16(13-6-7-13)23-18(17)25(24-11)20(3,4)5/h8-9,13H,6-7,10H2,1-5H3,(H,22,26). The first-order valence-electron chi connectivity index (χ1n) is 9.34. The fraction of sp³-hybridized carbons (Fsp3) is 0.500. The third-order valence-electron chi connectivity index (χ3n) is 4.80. The number of nitrogens with one attached hydrogen (secondary N) is 1. The Morgan fingerprint density at radius 1 is 1.33 bits per heavy atom. The molecule has 0 saturated heterocycles. The van der Waals surface area contributed by atoms with Crippen molar-refractivity contribution in [2.45, 2.75) is 65.5 Å². The van der Waals surface area contributed by atoms with Gasteiger partial charge in [0, 0.05) is 22.7 Å². The summed E-state index contributed by atoms with van der Waals surface area (Å²) in [5.74, 6) is 0.389. The topological polar surface area (TPSA) is 72.7 Å². The Bertz CT molecular complexity index is 1020. The van der Waals surface area contributed by atoms with E-state index >= 15 is 0 Å². The molecule has 142 valence electrons. The van der Waals surface area contributed by atoms with E-state index in [0.717, 1.165) is 45.1 Å². The Kier molecular flexibility index (Phi) is 4.29. The maximum absolute atomic E-state index is 13.1. The molecule has 0 spiro atoms. The first-order chi connectivity index (χ1) is 12.7. The lowest BCUT2D eigenvalue weighted by Gasteiger charge is -2.20. The van der Waals surface area contributed by atoms with E-state index in [9.17, 15) is 4.79 Å². The van der Waals surface area contributed by atoms with Gasteiger partial charge in [-0.05, 0) is 53.5 Å². The summed E-state index contributed by atoms with van der Waals surface area (Å²) in [4.78, 5) is 23.3. The van der Waals surface area contributed by atoms with E-state index in [4.69, 9.17) is 10.1 Å². The highest BCUT2D eigenvalue weighted by atomic mass is 32.1. The van der Waals surface area contributed by atoms with Crippen LogP contribution in [0.3, 0.4) is 0 Å². The van der Waals surface area contributed by atoms with Gasteiger partial charge in [0.1, 0.15) is 0 Å². The average molecular weight is 384 g/mol. The van der Waals surface area contributed by atoms with Crippen molar-refractivity contribution in [3.05, 3.63) is 39.1 Å². The molecule has 0 aromatic carbocycles. The summed E-state index contributed by atoms with van der Waals surface area (Å²) < 4.78 is 1.95. The molecule has 1 amide bonds. The van der Waals surface area contributed by atoms with Crippen LogP contribution >= 0.6 is 11.3 Å². The molecule has 3 heterocycles. The second-order valence-electron chi connectivity index (χ2n) is 8.26. The molecule has 0 aliphatic heterocycles. The number of fused-ring (bicyclic) bond motifs is 1. The van der Waals surface area contributed by atoms with Gasteiger partial charge in [-0.1, -0.05) is 0 Å². The van der Waals surface area contributed by atoms with Crippen LogP contribution < -0.4 is 5.32 Å². The highest BCUT2D eigenvalue weighted by Gasteiger charge is 2.30. The molecule has 27 heavy (non-hydrogen) atoms. The van der Waals surface area contributed by atoms with Crippen molar-refractivity contribution in [3.63, 3.8) is 0 Å². The molecule has 1 N–H and O–H groups in total. The number of carbonyl (C=O) groups is 1. The fourth-order valence-electron chi connectivity index (χ4n) is 3.29. The van der Waals surface area contributed by atoms with Crippen LogP contribution in [-0.2, 0) is 12.1 Å². The maximum Gasteiger partial charge on any atom is 0.252 e. The van der Waals surface area contributed by atoms with Gasteiger partial charge >= 0.3 is 0 Å². The molecule has 3 aromatic rings. The van der Waals surface area contributed by atoms with Crippen molar-refractivity contribution < 1.29 is 4.79 Å². The van der Waals surface area contributed by atoms with Gasteiger partial charge in [-0.25, -0.2) is 14.6 Å². The number of hydrogen-bond donors (Lipinski definition) is 1. The number of rotatable bonds is 4. The van der Waals surface area contributed by atoms with Crippen LogP contribution in [-0.4, -0.2) is 25.7 Å². The van der Waals surface area contributed by atoms with Crippen LogP contribution in [0, 0.1) is 13.8 Å². The van der Waals surface area contributed by atoms with Crippen molar-refractivity contribution in [1.29, 1.82) is 0 Å². The molecule has 6 nitrogen and oxygen atoms in total. The number of thiazole rings is 1. The zero-order chi connectivity index (χ0) is 19.3. The van der Waals surface area contributed by atoms with Crippen molar-refractivity contribution in [3.8, 4) is 0 Å². The second kappa shape index (κ2) is 6.41. The van der Waals surface area contributed by atoms with Crippen LogP contribution in [0.4, 0.5) is 0 Å². The molecule has 7 heteroatoms. The first-order valence-corrected chi connectivity index (χ1v) is 10.2. The highest BCUT2D eigenvalue weighted by molar-refractivity contribution is 7.11. The van der Waals surface area contributed by atoms with Gasteiger partial charge in [0.15, 0.2) is 5.65 Å². The van der Waals surface area contributed by atoms with Gasteiger partial charge in [0.05, 0.1) is 33.7 Å². The number of aryl methyl sites for hydroxylation is 2. The zero-order valence-electron chi connectivity index (χ0n) is 16.5. The lowest BCUT2D eigenvalue weighted by atomic mass is 10.1. The highest BCUT2D eigenvalue weighted by Crippen LogP contribution is 2.41. The zero-order valence-corrected chi connectivity index (χ0v) is 17.3. The van der Waals surface area contributed by atoms with E-state index < -0.39 is 0 Å². The molecule has 1 aliphatic carbocycles. The minimum Gasteiger partial charge on any atom is -0.347 e. The number of nitrogens with zero attached hydrogens (tertiary/aromatic N) is 4. The van der Waals surface area contributed by atoms with E-state index in [1.807, 2.05) is 30.8 Å². The molecule has 1 fully saturated rings. The van der Waals surface area contributed by atoms with E-state index in [-0.39, 0.29) is 11.4 Å². The van der Waals surface area contributed by atoms with Crippen molar-refractivity contribution >= 4 is 28.3 Å². The van der Waals surface area contributed by atoms with Gasteiger partial charge in [-0.15, -0.1) is 11.3 Å². The van der Waals surface area contributed by atoms with E-state index in [2.05, 4.69) is 31.1 Å². The molecule has 1 aliphatic rings. The van der Waals surface area contributed by atoms with Crippen molar-refractivity contribution in [1.82, 2.24) is 25.1 Å². The predicted octanol–water partition coefficient (Wildman–Crippen LogP) is 4.07. The SMILES string of the molecule is Cc1ncc(CNC(=O)c2cc(C3CC3)nc3c2c(C)nn3C(C)(C)C)s1. The summed E-state index contributed by atoms with van der Waals surface area (Å²) in [7, 11) is 0. The second-order valence-corrected chi connectivity index (χ2v) is 9.58. The molecule has 0 radical (unpaired) electrons. The van der Waals surface area contributed by atoms with Gasteiger partial charge in [-0.3, -0.25) is 4.79 Å². The summed E-state index contributed by atoms with van der Waals surface area (Å²) in [5, 5.41) is 9.62. The van der Waals surface area contributed by atoms with Gasteiger partial charge in [0.2, 0.25) is 0 Å². The quantitative estimate of drug-likeness (QED) is 0.737. The Balaban J connectivity index is 1.76. The summed E-state index contributed by atoms with van der Waals surface area (Å²) >= 11 is 1.60. The van der Waals surface area contributed by atoms with Gasteiger partial charge < -0.3 is 5.32 Å². The largest absolute Gasteiger partial charge is 0.347 e. The number of hydrogen-bond acceptors (Lipinski definition) is 5. The smallest absolute Gasteiger partial charge is 0.252 e. The summed E-state index contributed by atoms with van der Waals surface area (Å²) in [6, 6.07) is 1.97. The summed E-state index contributed by atoms with van der Waals surface area (Å²) in [6.45, 7) is 10.7. The number of pyridine rings is 1. The molecule has 1 saturated carbocycles. The molecular weight excluding hydrogens is 358 g/mol. The van der Waals surface area contributed by atoms with E-state index in [0.29, 0.717) is 18.0 Å². The number of aromatic nitrogens is 4. The first kappa shape index (κ1) is 18.1. The lowest BCUT2D eigenvalue weighted by molar-refractivity contribution is 0.0952. The molecule has 0 unspecified atom stereocenters. The molecule has 3 aromatic heterocycles. The third-order valence-corrected chi connectivity index (χ3v) is 5.71. The van der Waals surface area contributed by atoms with E-state index in [1.54, 1.807) is 11.3 Å². The lowest BCUT2D eigenvalue weighted by Crippen LogP contribution is -2.25.